The second-order valence-electron chi connectivity index (χ2n) is 7.27. The van der Waals surface area contributed by atoms with Gasteiger partial charge in [0.1, 0.15) is 12.5 Å². The average Bonchev–Trinajstić information content (AvgIpc) is 2.47. The molecule has 0 saturated carbocycles. The molecule has 0 saturated heterocycles. The van der Waals surface area contributed by atoms with Crippen LogP contribution in [0.4, 0.5) is 0 Å². The molecule has 0 spiro atoms. The number of carbonyl (C=O) groups is 1. The zero-order valence-electron chi connectivity index (χ0n) is 15.0. The standard InChI is InChI=1S/C18H28N2O3/c1-12(2)23-11-19(5)20(6)16-10-18(3,4)15-9-13(21)7-8-14(15)17(16)22/h7-9,12,16,21H,10-11H2,1-6H3. The molecule has 5 heteroatoms. The Hall–Kier alpha value is -1.43. The number of carbonyl (C=O) groups excluding carboxylic acids is 1. The van der Waals surface area contributed by atoms with Crippen LogP contribution in [0.5, 0.6) is 5.75 Å². The molecule has 0 aromatic heterocycles. The van der Waals surface area contributed by atoms with Crippen LogP contribution in [0.3, 0.4) is 0 Å². The van der Waals surface area contributed by atoms with Crippen LogP contribution in [0.2, 0.25) is 0 Å². The van der Waals surface area contributed by atoms with E-state index in [-0.39, 0.29) is 29.1 Å². The number of rotatable bonds is 5. The molecule has 0 heterocycles. The third-order valence-electron chi connectivity index (χ3n) is 4.59. The van der Waals surface area contributed by atoms with E-state index in [1.807, 2.05) is 38.0 Å². The van der Waals surface area contributed by atoms with Crippen LogP contribution in [0.1, 0.15) is 50.0 Å². The monoisotopic (exact) mass is 320 g/mol. The number of phenols is 1. The molecule has 1 aromatic rings. The van der Waals surface area contributed by atoms with Gasteiger partial charge in [-0.15, -0.1) is 0 Å². The summed E-state index contributed by atoms with van der Waals surface area (Å²) in [5, 5.41) is 13.6. The van der Waals surface area contributed by atoms with Crippen molar-refractivity contribution in [1.82, 2.24) is 10.0 Å². The average molecular weight is 320 g/mol. The maximum absolute atomic E-state index is 12.9. The van der Waals surface area contributed by atoms with E-state index in [2.05, 4.69) is 13.8 Å². The summed E-state index contributed by atoms with van der Waals surface area (Å²) in [7, 11) is 3.85. The molecular weight excluding hydrogens is 292 g/mol. The van der Waals surface area contributed by atoms with Gasteiger partial charge in [0.2, 0.25) is 0 Å². The topological polar surface area (TPSA) is 53.0 Å². The van der Waals surface area contributed by atoms with Crippen LogP contribution in [0, 0.1) is 0 Å². The molecule has 1 aliphatic rings. The highest BCUT2D eigenvalue weighted by molar-refractivity contribution is 6.03. The van der Waals surface area contributed by atoms with Gasteiger partial charge in [-0.25, -0.2) is 10.0 Å². The third-order valence-corrected chi connectivity index (χ3v) is 4.59. The summed E-state index contributed by atoms with van der Waals surface area (Å²) in [6.45, 7) is 8.66. The number of Topliss-reactive ketones (excluding diaryl/α,β-unsaturated/α-hetero) is 1. The molecule has 1 unspecified atom stereocenters. The Morgan fingerprint density at radius 2 is 2.00 bits per heavy atom. The number of ketones is 1. The Bertz CT molecular complexity index is 584. The van der Waals surface area contributed by atoms with Gasteiger partial charge in [-0.1, -0.05) is 13.8 Å². The number of ether oxygens (including phenoxy) is 1. The van der Waals surface area contributed by atoms with E-state index < -0.39 is 0 Å². The van der Waals surface area contributed by atoms with Crippen molar-refractivity contribution in [2.45, 2.75) is 51.7 Å². The molecule has 0 aliphatic heterocycles. The third kappa shape index (κ3) is 3.74. The van der Waals surface area contributed by atoms with E-state index in [1.54, 1.807) is 18.2 Å². The lowest BCUT2D eigenvalue weighted by Gasteiger charge is -2.42. The molecule has 1 N–H and O–H groups in total. The van der Waals surface area contributed by atoms with Crippen molar-refractivity contribution in [3.63, 3.8) is 0 Å². The molecule has 0 fully saturated rings. The van der Waals surface area contributed by atoms with Gasteiger partial charge in [-0.2, -0.15) is 0 Å². The number of benzene rings is 1. The summed E-state index contributed by atoms with van der Waals surface area (Å²) in [5.41, 5.74) is 1.45. The Kier molecular flexibility index (Phi) is 5.14. The molecule has 5 nitrogen and oxygen atoms in total. The molecule has 0 amide bonds. The summed E-state index contributed by atoms with van der Waals surface area (Å²) in [5.74, 6) is 0.303. The first-order valence-electron chi connectivity index (χ1n) is 8.06. The summed E-state index contributed by atoms with van der Waals surface area (Å²) in [6.07, 6.45) is 0.846. The predicted molar refractivity (Wildman–Crippen MR) is 90.5 cm³/mol. The second kappa shape index (κ2) is 6.59. The van der Waals surface area contributed by atoms with Gasteiger partial charge in [0.05, 0.1) is 12.1 Å². The fourth-order valence-corrected chi connectivity index (χ4v) is 3.06. The van der Waals surface area contributed by atoms with E-state index in [9.17, 15) is 9.90 Å². The van der Waals surface area contributed by atoms with Gasteiger partial charge in [0.15, 0.2) is 5.78 Å². The Labute approximate surface area is 138 Å². The van der Waals surface area contributed by atoms with Crippen molar-refractivity contribution >= 4 is 5.78 Å². The van der Waals surface area contributed by atoms with Crippen molar-refractivity contribution in [2.75, 3.05) is 20.8 Å². The maximum atomic E-state index is 12.9. The molecule has 128 valence electrons. The van der Waals surface area contributed by atoms with E-state index in [0.29, 0.717) is 18.7 Å². The number of phenolic OH excluding ortho intramolecular Hbond substituents is 1. The van der Waals surface area contributed by atoms with Crippen LogP contribution in [-0.2, 0) is 10.2 Å². The molecule has 1 aromatic carbocycles. The van der Waals surface area contributed by atoms with E-state index in [0.717, 1.165) is 5.56 Å². The fraction of sp³-hybridized carbons (Fsp3) is 0.611. The van der Waals surface area contributed by atoms with E-state index in [1.165, 1.54) is 0 Å². The fourth-order valence-electron chi connectivity index (χ4n) is 3.06. The van der Waals surface area contributed by atoms with Gasteiger partial charge in [0, 0.05) is 19.7 Å². The Morgan fingerprint density at radius 1 is 1.35 bits per heavy atom. The molecule has 2 rings (SSSR count). The zero-order chi connectivity index (χ0) is 17.4. The van der Waals surface area contributed by atoms with E-state index in [4.69, 9.17) is 4.74 Å². The lowest BCUT2D eigenvalue weighted by molar-refractivity contribution is -0.106. The highest BCUT2D eigenvalue weighted by Crippen LogP contribution is 2.39. The largest absolute Gasteiger partial charge is 0.508 e. The van der Waals surface area contributed by atoms with Crippen LogP contribution >= 0.6 is 0 Å². The molecule has 1 atom stereocenters. The van der Waals surface area contributed by atoms with Crippen molar-refractivity contribution in [1.29, 1.82) is 0 Å². The molecule has 23 heavy (non-hydrogen) atoms. The van der Waals surface area contributed by atoms with Crippen LogP contribution in [0.15, 0.2) is 18.2 Å². The highest BCUT2D eigenvalue weighted by Gasteiger charge is 2.41. The minimum absolute atomic E-state index is 0.0956. The number of aromatic hydroxyl groups is 1. The number of likely N-dealkylation sites (N-methyl/N-ethyl adjacent to an activating group) is 1. The van der Waals surface area contributed by atoms with Crippen LogP contribution in [0.25, 0.3) is 0 Å². The number of nitrogens with zero attached hydrogens (tertiary/aromatic N) is 2. The summed E-state index contributed by atoms with van der Waals surface area (Å²) in [4.78, 5) is 12.9. The Morgan fingerprint density at radius 3 is 2.61 bits per heavy atom. The summed E-state index contributed by atoms with van der Waals surface area (Å²) < 4.78 is 5.63. The molecule has 0 bridgehead atoms. The number of hydrogen-bond donors (Lipinski definition) is 1. The minimum atomic E-state index is -0.234. The number of fused-ring (bicyclic) bond motifs is 1. The van der Waals surface area contributed by atoms with Crippen molar-refractivity contribution in [3.05, 3.63) is 29.3 Å². The Balaban J connectivity index is 2.25. The van der Waals surface area contributed by atoms with Gasteiger partial charge in [-0.3, -0.25) is 4.79 Å². The lowest BCUT2D eigenvalue weighted by atomic mass is 9.70. The normalized spacial score (nSPS) is 20.4. The van der Waals surface area contributed by atoms with Gasteiger partial charge in [-0.05, 0) is 49.4 Å². The van der Waals surface area contributed by atoms with Crippen molar-refractivity contribution < 1.29 is 14.6 Å². The second-order valence-corrected chi connectivity index (χ2v) is 7.27. The van der Waals surface area contributed by atoms with E-state index >= 15 is 0 Å². The quantitative estimate of drug-likeness (QED) is 0.668. The lowest BCUT2D eigenvalue weighted by Crippen LogP contribution is -2.53. The summed E-state index contributed by atoms with van der Waals surface area (Å²) in [6, 6.07) is 4.80. The number of hydrogen-bond acceptors (Lipinski definition) is 5. The predicted octanol–water partition coefficient (Wildman–Crippen LogP) is 2.79. The summed E-state index contributed by atoms with van der Waals surface area (Å²) >= 11 is 0. The maximum Gasteiger partial charge on any atom is 0.181 e. The van der Waals surface area contributed by atoms with Gasteiger partial charge >= 0.3 is 0 Å². The highest BCUT2D eigenvalue weighted by atomic mass is 16.5. The minimum Gasteiger partial charge on any atom is -0.508 e. The van der Waals surface area contributed by atoms with Crippen LogP contribution < -0.4 is 0 Å². The van der Waals surface area contributed by atoms with Gasteiger partial charge in [0.25, 0.3) is 0 Å². The first kappa shape index (κ1) is 17.9. The van der Waals surface area contributed by atoms with Crippen LogP contribution in [-0.4, -0.2) is 53.9 Å². The smallest absolute Gasteiger partial charge is 0.181 e. The SMILES string of the molecule is CC(C)OCN(C)N(C)C1CC(C)(C)c2cc(O)ccc2C1=O. The molecular formula is C18H28N2O3. The van der Waals surface area contributed by atoms with Crippen molar-refractivity contribution in [3.8, 4) is 5.75 Å². The zero-order valence-corrected chi connectivity index (χ0v) is 15.0. The van der Waals surface area contributed by atoms with Crippen molar-refractivity contribution in [2.24, 2.45) is 0 Å². The van der Waals surface area contributed by atoms with Gasteiger partial charge < -0.3 is 9.84 Å². The first-order valence-corrected chi connectivity index (χ1v) is 8.06. The molecule has 1 aliphatic carbocycles. The number of hydrazine groups is 1. The molecule has 0 radical (unpaired) electrons. The first-order chi connectivity index (χ1) is 10.6.